The molecule has 0 radical (unpaired) electrons. The minimum Gasteiger partial charge on any atom is -0.465 e. The molecule has 0 aliphatic heterocycles. The van der Waals surface area contributed by atoms with Gasteiger partial charge in [-0.2, -0.15) is 0 Å². The Bertz CT molecular complexity index is 400. The first-order valence-corrected chi connectivity index (χ1v) is 8.78. The van der Waals surface area contributed by atoms with Crippen molar-refractivity contribution in [1.82, 2.24) is 0 Å². The predicted molar refractivity (Wildman–Crippen MR) is 94.4 cm³/mol. The highest BCUT2D eigenvalue weighted by atomic mass is 16.7. The number of hydrogen-bond donors (Lipinski definition) is 0. The Morgan fingerprint density at radius 3 is 1.82 bits per heavy atom. The molecule has 0 amide bonds. The van der Waals surface area contributed by atoms with E-state index in [4.69, 9.17) is 9.47 Å². The molecule has 0 fully saturated rings. The van der Waals surface area contributed by atoms with Crippen LogP contribution in [0.25, 0.3) is 0 Å². The lowest BCUT2D eigenvalue weighted by atomic mass is 9.85. The molecule has 0 aliphatic rings. The van der Waals surface area contributed by atoms with Crippen molar-refractivity contribution in [2.24, 2.45) is 17.8 Å². The minimum atomic E-state index is -0.181. The molecule has 0 heterocycles. The molecule has 0 N–H and O–H groups in total. The SMILES string of the molecule is CCOC(Oc1ccc(C(C)CC)cc1)C(C(C)C)C(C)C. The van der Waals surface area contributed by atoms with Gasteiger partial charge in [-0.15, -0.1) is 0 Å². The van der Waals surface area contributed by atoms with E-state index in [1.54, 1.807) is 0 Å². The van der Waals surface area contributed by atoms with Crippen LogP contribution in [-0.4, -0.2) is 12.9 Å². The summed E-state index contributed by atoms with van der Waals surface area (Å²) < 4.78 is 12.1. The first kappa shape index (κ1) is 19.0. The largest absolute Gasteiger partial charge is 0.465 e. The summed E-state index contributed by atoms with van der Waals surface area (Å²) in [4.78, 5) is 0. The summed E-state index contributed by atoms with van der Waals surface area (Å²) in [6.45, 7) is 16.1. The molecule has 0 spiro atoms. The van der Waals surface area contributed by atoms with E-state index in [-0.39, 0.29) is 6.29 Å². The summed E-state index contributed by atoms with van der Waals surface area (Å²) in [5.41, 5.74) is 1.37. The Balaban J connectivity index is 2.86. The molecule has 22 heavy (non-hydrogen) atoms. The zero-order chi connectivity index (χ0) is 16.7. The Morgan fingerprint density at radius 1 is 0.864 bits per heavy atom. The molecule has 1 rings (SSSR count). The van der Waals surface area contributed by atoms with Crippen LogP contribution in [0.1, 0.15) is 66.4 Å². The summed E-state index contributed by atoms with van der Waals surface area (Å²) in [6.07, 6.45) is 0.976. The van der Waals surface area contributed by atoms with Crippen molar-refractivity contribution in [2.45, 2.75) is 67.1 Å². The smallest absolute Gasteiger partial charge is 0.203 e. The van der Waals surface area contributed by atoms with E-state index < -0.39 is 0 Å². The van der Waals surface area contributed by atoms with Crippen LogP contribution in [0, 0.1) is 17.8 Å². The lowest BCUT2D eigenvalue weighted by Crippen LogP contribution is -2.36. The fourth-order valence-electron chi connectivity index (χ4n) is 3.03. The van der Waals surface area contributed by atoms with Crippen LogP contribution in [0.2, 0.25) is 0 Å². The average molecular weight is 306 g/mol. The summed E-state index contributed by atoms with van der Waals surface area (Å²) in [5, 5.41) is 0. The van der Waals surface area contributed by atoms with Gasteiger partial charge in [-0.25, -0.2) is 0 Å². The summed E-state index contributed by atoms with van der Waals surface area (Å²) in [5.74, 6) is 2.92. The molecule has 0 aliphatic carbocycles. The fourth-order valence-corrected chi connectivity index (χ4v) is 3.03. The Kier molecular flexibility index (Phi) is 7.95. The van der Waals surface area contributed by atoms with E-state index in [2.05, 4.69) is 65.8 Å². The quantitative estimate of drug-likeness (QED) is 0.531. The summed E-state index contributed by atoms with van der Waals surface area (Å²) in [6, 6.07) is 8.50. The topological polar surface area (TPSA) is 18.5 Å². The zero-order valence-electron chi connectivity index (χ0n) is 15.4. The van der Waals surface area contributed by atoms with Gasteiger partial charge in [0.2, 0.25) is 6.29 Å². The van der Waals surface area contributed by atoms with Crippen molar-refractivity contribution >= 4 is 0 Å². The highest BCUT2D eigenvalue weighted by molar-refractivity contribution is 5.29. The van der Waals surface area contributed by atoms with E-state index in [0.717, 1.165) is 12.2 Å². The Labute approximate surface area is 137 Å². The van der Waals surface area contributed by atoms with Crippen LogP contribution < -0.4 is 4.74 Å². The van der Waals surface area contributed by atoms with Crippen molar-refractivity contribution in [3.05, 3.63) is 29.8 Å². The van der Waals surface area contributed by atoms with E-state index in [1.165, 1.54) is 5.56 Å². The summed E-state index contributed by atoms with van der Waals surface area (Å²) >= 11 is 0. The second kappa shape index (κ2) is 9.19. The first-order valence-electron chi connectivity index (χ1n) is 8.78. The molecule has 2 atom stereocenters. The van der Waals surface area contributed by atoms with Gasteiger partial charge in [0.25, 0.3) is 0 Å². The number of hydrogen-bond acceptors (Lipinski definition) is 2. The van der Waals surface area contributed by atoms with Crippen LogP contribution >= 0.6 is 0 Å². The van der Waals surface area contributed by atoms with Crippen molar-refractivity contribution < 1.29 is 9.47 Å². The Morgan fingerprint density at radius 2 is 1.41 bits per heavy atom. The molecule has 126 valence electrons. The number of ether oxygens (including phenoxy) is 2. The van der Waals surface area contributed by atoms with Gasteiger partial charge in [0.05, 0.1) is 0 Å². The fraction of sp³-hybridized carbons (Fsp3) is 0.700. The van der Waals surface area contributed by atoms with E-state index in [9.17, 15) is 0 Å². The van der Waals surface area contributed by atoms with Gasteiger partial charge in [-0.1, -0.05) is 53.7 Å². The first-order chi connectivity index (χ1) is 10.4. The van der Waals surface area contributed by atoms with Crippen LogP contribution in [0.4, 0.5) is 0 Å². The van der Waals surface area contributed by atoms with Crippen molar-refractivity contribution in [1.29, 1.82) is 0 Å². The van der Waals surface area contributed by atoms with Gasteiger partial charge in [0, 0.05) is 12.5 Å². The molecule has 2 unspecified atom stereocenters. The van der Waals surface area contributed by atoms with Crippen molar-refractivity contribution in [3.8, 4) is 5.75 Å². The molecule has 2 heteroatoms. The minimum absolute atomic E-state index is 0.181. The van der Waals surface area contributed by atoms with Gasteiger partial charge in [-0.05, 0) is 48.8 Å². The third-order valence-corrected chi connectivity index (χ3v) is 4.50. The Hall–Kier alpha value is -1.02. The monoisotopic (exact) mass is 306 g/mol. The van der Waals surface area contributed by atoms with E-state index >= 15 is 0 Å². The van der Waals surface area contributed by atoms with Crippen molar-refractivity contribution in [3.63, 3.8) is 0 Å². The molecular weight excluding hydrogens is 272 g/mol. The van der Waals surface area contributed by atoms with Crippen LogP contribution in [0.5, 0.6) is 5.75 Å². The van der Waals surface area contributed by atoms with E-state index in [0.29, 0.717) is 30.3 Å². The van der Waals surface area contributed by atoms with Gasteiger partial charge < -0.3 is 9.47 Å². The molecular formula is C20H34O2. The van der Waals surface area contributed by atoms with Gasteiger partial charge in [-0.3, -0.25) is 0 Å². The van der Waals surface area contributed by atoms with Crippen molar-refractivity contribution in [2.75, 3.05) is 6.61 Å². The molecule has 0 aromatic heterocycles. The highest BCUT2D eigenvalue weighted by Crippen LogP contribution is 2.29. The average Bonchev–Trinajstić information content (AvgIpc) is 2.46. The number of benzene rings is 1. The molecule has 0 saturated heterocycles. The van der Waals surface area contributed by atoms with Gasteiger partial charge >= 0.3 is 0 Å². The normalized spacial score (nSPS) is 14.6. The molecule has 2 nitrogen and oxygen atoms in total. The lowest BCUT2D eigenvalue weighted by Gasteiger charge is -2.33. The number of rotatable bonds is 9. The van der Waals surface area contributed by atoms with E-state index in [1.807, 2.05) is 6.92 Å². The van der Waals surface area contributed by atoms with Gasteiger partial charge in [0.1, 0.15) is 5.75 Å². The third kappa shape index (κ3) is 5.31. The van der Waals surface area contributed by atoms with Crippen LogP contribution in [-0.2, 0) is 4.74 Å². The maximum absolute atomic E-state index is 6.19. The van der Waals surface area contributed by atoms with Crippen LogP contribution in [0.3, 0.4) is 0 Å². The third-order valence-electron chi connectivity index (χ3n) is 4.50. The highest BCUT2D eigenvalue weighted by Gasteiger charge is 2.29. The summed E-state index contributed by atoms with van der Waals surface area (Å²) in [7, 11) is 0. The maximum atomic E-state index is 6.19. The second-order valence-corrected chi connectivity index (χ2v) is 6.89. The molecule has 1 aromatic carbocycles. The second-order valence-electron chi connectivity index (χ2n) is 6.89. The van der Waals surface area contributed by atoms with Crippen LogP contribution in [0.15, 0.2) is 24.3 Å². The zero-order valence-corrected chi connectivity index (χ0v) is 15.4. The molecule has 0 saturated carbocycles. The molecule has 0 bridgehead atoms. The lowest BCUT2D eigenvalue weighted by molar-refractivity contribution is -0.133. The predicted octanol–water partition coefficient (Wildman–Crippen LogP) is 5.87. The maximum Gasteiger partial charge on any atom is 0.203 e. The van der Waals surface area contributed by atoms with Gasteiger partial charge in [0.15, 0.2) is 0 Å². The molecule has 1 aromatic rings. The standard InChI is InChI=1S/C20H34O2/c1-8-16(7)17-10-12-18(13-11-17)22-20(21-9-2)19(14(3)4)15(5)6/h10-16,19-20H,8-9H2,1-7H3.